The highest BCUT2D eigenvalue weighted by Crippen LogP contribution is 2.36. The third-order valence-corrected chi connectivity index (χ3v) is 6.29. The first kappa shape index (κ1) is 15.8. The molecule has 4 heterocycles. The van der Waals surface area contributed by atoms with Crippen LogP contribution in [-0.2, 0) is 0 Å². The van der Waals surface area contributed by atoms with Crippen LogP contribution in [0.1, 0.15) is 18.5 Å². The van der Waals surface area contributed by atoms with Gasteiger partial charge in [-0.1, -0.05) is 17.4 Å². The molecule has 5 rings (SSSR count). The van der Waals surface area contributed by atoms with E-state index in [1.165, 1.54) is 10.3 Å². The van der Waals surface area contributed by atoms with Crippen molar-refractivity contribution in [2.75, 3.05) is 37.9 Å². The molecule has 0 amide bonds. The van der Waals surface area contributed by atoms with Crippen LogP contribution in [0, 0.1) is 0 Å². The Labute approximate surface area is 156 Å². The normalized spacial score (nSPS) is 18.4. The zero-order valence-electron chi connectivity index (χ0n) is 14.6. The highest BCUT2D eigenvalue weighted by molar-refractivity contribution is 7.22. The van der Waals surface area contributed by atoms with E-state index in [0.29, 0.717) is 12.8 Å². The number of pyridine rings is 1. The third kappa shape index (κ3) is 2.77. The van der Waals surface area contributed by atoms with E-state index in [1.807, 2.05) is 24.5 Å². The van der Waals surface area contributed by atoms with Crippen molar-refractivity contribution in [1.82, 2.24) is 14.9 Å². The maximum atomic E-state index is 5.52. The summed E-state index contributed by atoms with van der Waals surface area (Å²) in [5.74, 6) is 1.70. The molecule has 6 nitrogen and oxygen atoms in total. The van der Waals surface area contributed by atoms with E-state index in [1.54, 1.807) is 11.3 Å². The highest BCUT2D eigenvalue weighted by Gasteiger charge is 2.25. The summed E-state index contributed by atoms with van der Waals surface area (Å²) in [4.78, 5) is 13.8. The number of rotatable bonds is 3. The van der Waals surface area contributed by atoms with Crippen LogP contribution in [-0.4, -0.2) is 47.8 Å². The van der Waals surface area contributed by atoms with Crippen molar-refractivity contribution in [3.8, 4) is 11.5 Å². The van der Waals surface area contributed by atoms with Crippen LogP contribution >= 0.6 is 11.3 Å². The molecule has 1 atom stereocenters. The Morgan fingerprint density at radius 2 is 1.92 bits per heavy atom. The van der Waals surface area contributed by atoms with Gasteiger partial charge in [-0.05, 0) is 30.7 Å². The molecule has 0 aliphatic carbocycles. The fraction of sp³-hybridized carbons (Fsp3) is 0.368. The van der Waals surface area contributed by atoms with Crippen molar-refractivity contribution in [3.63, 3.8) is 0 Å². The first-order chi connectivity index (χ1) is 12.8. The van der Waals surface area contributed by atoms with Crippen LogP contribution < -0.4 is 14.4 Å². The second-order valence-electron chi connectivity index (χ2n) is 6.65. The SMILES string of the molecule is C[C@@H](c1ccc2c(c1)OCO2)N1CCN(c2nc3cnccc3s2)CC1. The van der Waals surface area contributed by atoms with E-state index in [0.717, 1.165) is 48.3 Å². The Balaban J connectivity index is 1.27. The minimum absolute atomic E-state index is 0.323. The van der Waals surface area contributed by atoms with Gasteiger partial charge >= 0.3 is 0 Å². The predicted octanol–water partition coefficient (Wildman–Crippen LogP) is 3.30. The van der Waals surface area contributed by atoms with Crippen LogP contribution in [0.5, 0.6) is 11.5 Å². The molecule has 0 radical (unpaired) electrons. The molecule has 2 aliphatic heterocycles. The summed E-state index contributed by atoms with van der Waals surface area (Å²) >= 11 is 1.75. The molecule has 2 aromatic heterocycles. The predicted molar refractivity (Wildman–Crippen MR) is 102 cm³/mol. The summed E-state index contributed by atoms with van der Waals surface area (Å²) in [6, 6.07) is 8.66. The van der Waals surface area contributed by atoms with Gasteiger partial charge in [0.15, 0.2) is 16.6 Å². The van der Waals surface area contributed by atoms with E-state index in [2.05, 4.69) is 33.8 Å². The minimum Gasteiger partial charge on any atom is -0.454 e. The van der Waals surface area contributed by atoms with Gasteiger partial charge in [-0.2, -0.15) is 0 Å². The summed E-state index contributed by atoms with van der Waals surface area (Å²) in [6.07, 6.45) is 3.67. The molecule has 0 N–H and O–H groups in total. The molecular formula is C19H20N4O2S. The molecule has 0 spiro atoms. The number of thiazole rings is 1. The number of fused-ring (bicyclic) bond motifs is 2. The molecule has 134 valence electrons. The lowest BCUT2D eigenvalue weighted by Gasteiger charge is -2.38. The fourth-order valence-corrected chi connectivity index (χ4v) is 4.57. The van der Waals surface area contributed by atoms with E-state index < -0.39 is 0 Å². The number of benzene rings is 1. The highest BCUT2D eigenvalue weighted by atomic mass is 32.1. The van der Waals surface area contributed by atoms with Crippen molar-refractivity contribution < 1.29 is 9.47 Å². The average Bonchev–Trinajstić information content (AvgIpc) is 3.33. The maximum Gasteiger partial charge on any atom is 0.231 e. The fourth-order valence-electron chi connectivity index (χ4n) is 3.59. The van der Waals surface area contributed by atoms with Gasteiger partial charge in [0.25, 0.3) is 0 Å². The molecule has 1 aromatic carbocycles. The van der Waals surface area contributed by atoms with Crippen molar-refractivity contribution in [2.24, 2.45) is 0 Å². The first-order valence-electron chi connectivity index (χ1n) is 8.87. The third-order valence-electron chi connectivity index (χ3n) is 5.19. The lowest BCUT2D eigenvalue weighted by atomic mass is 10.1. The molecule has 0 bridgehead atoms. The topological polar surface area (TPSA) is 50.7 Å². The van der Waals surface area contributed by atoms with E-state index in [9.17, 15) is 0 Å². The number of hydrogen-bond donors (Lipinski definition) is 0. The van der Waals surface area contributed by atoms with Gasteiger partial charge in [-0.3, -0.25) is 9.88 Å². The molecule has 26 heavy (non-hydrogen) atoms. The number of aromatic nitrogens is 2. The number of hydrogen-bond acceptors (Lipinski definition) is 7. The molecule has 3 aromatic rings. The van der Waals surface area contributed by atoms with E-state index >= 15 is 0 Å². The van der Waals surface area contributed by atoms with Crippen LogP contribution in [0.15, 0.2) is 36.7 Å². The van der Waals surface area contributed by atoms with Gasteiger partial charge in [-0.15, -0.1) is 0 Å². The zero-order valence-corrected chi connectivity index (χ0v) is 15.4. The molecule has 1 saturated heterocycles. The van der Waals surface area contributed by atoms with Gasteiger partial charge in [0, 0.05) is 38.4 Å². The maximum absolute atomic E-state index is 5.52. The lowest BCUT2D eigenvalue weighted by Crippen LogP contribution is -2.47. The summed E-state index contributed by atoms with van der Waals surface area (Å²) in [7, 11) is 0. The quantitative estimate of drug-likeness (QED) is 0.707. The standard InChI is InChI=1S/C19H20N4O2S/c1-13(14-2-3-16-17(10-14)25-12-24-16)22-6-8-23(9-7-22)19-21-15-11-20-5-4-18(15)26-19/h2-5,10-11,13H,6-9,12H2,1H3/t13-/m0/s1. The van der Waals surface area contributed by atoms with Gasteiger partial charge in [0.05, 0.1) is 10.9 Å². The van der Waals surface area contributed by atoms with Gasteiger partial charge in [-0.25, -0.2) is 4.98 Å². The van der Waals surface area contributed by atoms with Crippen molar-refractivity contribution in [2.45, 2.75) is 13.0 Å². The Morgan fingerprint density at radius 1 is 1.08 bits per heavy atom. The largest absolute Gasteiger partial charge is 0.454 e. The van der Waals surface area contributed by atoms with Gasteiger partial charge < -0.3 is 14.4 Å². The van der Waals surface area contributed by atoms with Gasteiger partial charge in [0.2, 0.25) is 6.79 Å². The van der Waals surface area contributed by atoms with Crippen LogP contribution in [0.4, 0.5) is 5.13 Å². The average molecular weight is 368 g/mol. The monoisotopic (exact) mass is 368 g/mol. The molecular weight excluding hydrogens is 348 g/mol. The van der Waals surface area contributed by atoms with Crippen molar-refractivity contribution in [1.29, 1.82) is 0 Å². The van der Waals surface area contributed by atoms with Gasteiger partial charge in [0.1, 0.15) is 5.52 Å². The Morgan fingerprint density at radius 3 is 2.77 bits per heavy atom. The molecule has 2 aliphatic rings. The van der Waals surface area contributed by atoms with Crippen molar-refractivity contribution in [3.05, 3.63) is 42.2 Å². The second kappa shape index (κ2) is 6.41. The molecule has 0 saturated carbocycles. The smallest absolute Gasteiger partial charge is 0.231 e. The van der Waals surface area contributed by atoms with E-state index in [4.69, 9.17) is 14.5 Å². The first-order valence-corrected chi connectivity index (χ1v) is 9.69. The Hall–Kier alpha value is -2.38. The summed E-state index contributed by atoms with van der Waals surface area (Å²) in [5.41, 5.74) is 2.26. The summed E-state index contributed by atoms with van der Waals surface area (Å²) < 4.78 is 12.1. The number of ether oxygens (including phenoxy) is 2. The summed E-state index contributed by atoms with van der Waals surface area (Å²) in [5, 5.41) is 1.10. The zero-order chi connectivity index (χ0) is 17.5. The van der Waals surface area contributed by atoms with Crippen LogP contribution in [0.25, 0.3) is 10.2 Å². The summed E-state index contributed by atoms with van der Waals surface area (Å²) in [6.45, 7) is 6.60. The molecule has 0 unspecified atom stereocenters. The Kier molecular flexibility index (Phi) is 3.90. The van der Waals surface area contributed by atoms with E-state index in [-0.39, 0.29) is 0 Å². The number of anilines is 1. The van der Waals surface area contributed by atoms with Crippen LogP contribution in [0.2, 0.25) is 0 Å². The number of piperazine rings is 1. The Bertz CT molecular complexity index is 903. The minimum atomic E-state index is 0.323. The second-order valence-corrected chi connectivity index (χ2v) is 7.66. The molecule has 7 heteroatoms. The number of nitrogens with zero attached hydrogens (tertiary/aromatic N) is 4. The molecule has 1 fully saturated rings. The lowest BCUT2D eigenvalue weighted by molar-refractivity contribution is 0.173. The van der Waals surface area contributed by atoms with Crippen LogP contribution in [0.3, 0.4) is 0 Å². The van der Waals surface area contributed by atoms with Crippen molar-refractivity contribution >= 4 is 26.7 Å².